The first-order chi connectivity index (χ1) is 17.0. The van der Waals surface area contributed by atoms with Gasteiger partial charge < -0.3 is 20.1 Å². The van der Waals surface area contributed by atoms with Crippen LogP contribution in [0.1, 0.15) is 22.8 Å². The second-order valence-corrected chi connectivity index (χ2v) is 8.22. The highest BCUT2D eigenvalue weighted by atomic mass is 16.5. The number of nitrogens with zero attached hydrogens (tertiary/aromatic N) is 2. The van der Waals surface area contributed by atoms with Crippen molar-refractivity contribution >= 4 is 23.2 Å². The third-order valence-corrected chi connectivity index (χ3v) is 5.73. The molecule has 3 aromatic carbocycles. The van der Waals surface area contributed by atoms with Crippen molar-refractivity contribution in [3.63, 3.8) is 0 Å². The number of fused-ring (bicyclic) bond motifs is 1. The number of nitrogens with one attached hydrogen (secondary N) is 2. The lowest BCUT2D eigenvalue weighted by atomic mass is 10.1. The minimum atomic E-state index is -0.564. The van der Waals surface area contributed by atoms with E-state index in [0.717, 1.165) is 16.9 Å². The molecule has 8 nitrogen and oxygen atoms in total. The van der Waals surface area contributed by atoms with Crippen molar-refractivity contribution in [2.75, 3.05) is 17.7 Å². The van der Waals surface area contributed by atoms with Crippen LogP contribution in [-0.4, -0.2) is 34.8 Å². The van der Waals surface area contributed by atoms with Gasteiger partial charge in [-0.15, -0.1) is 0 Å². The number of rotatable bonds is 6. The summed E-state index contributed by atoms with van der Waals surface area (Å²) in [7, 11) is 1.61. The number of hydrogen-bond acceptors (Lipinski definition) is 5. The Bertz CT molecular complexity index is 1380. The molecule has 8 heteroatoms. The van der Waals surface area contributed by atoms with E-state index < -0.39 is 6.10 Å². The molecule has 1 aliphatic rings. The van der Waals surface area contributed by atoms with Gasteiger partial charge in [-0.1, -0.05) is 30.3 Å². The smallest absolute Gasteiger partial charge is 0.265 e. The van der Waals surface area contributed by atoms with Crippen molar-refractivity contribution in [1.82, 2.24) is 9.78 Å². The normalized spacial score (nSPS) is 14.5. The molecule has 5 rings (SSSR count). The van der Waals surface area contributed by atoms with E-state index in [9.17, 15) is 9.59 Å². The summed E-state index contributed by atoms with van der Waals surface area (Å²) in [4.78, 5) is 25.3. The topological polar surface area (TPSA) is 94.5 Å². The molecule has 0 radical (unpaired) electrons. The lowest BCUT2D eigenvalue weighted by Crippen LogP contribution is -2.34. The van der Waals surface area contributed by atoms with E-state index in [4.69, 9.17) is 14.6 Å². The Morgan fingerprint density at radius 1 is 1.11 bits per heavy atom. The summed E-state index contributed by atoms with van der Waals surface area (Å²) >= 11 is 0. The van der Waals surface area contributed by atoms with Crippen LogP contribution in [0.3, 0.4) is 0 Å². The number of aromatic nitrogens is 2. The average Bonchev–Trinajstić information content (AvgIpc) is 3.29. The summed E-state index contributed by atoms with van der Waals surface area (Å²) in [5.41, 5.74) is 3.90. The van der Waals surface area contributed by atoms with Gasteiger partial charge in [-0.2, -0.15) is 5.10 Å². The van der Waals surface area contributed by atoms with Crippen LogP contribution < -0.4 is 20.1 Å². The van der Waals surface area contributed by atoms with E-state index in [1.165, 1.54) is 0 Å². The quantitative estimate of drug-likeness (QED) is 0.432. The zero-order valence-corrected chi connectivity index (χ0v) is 19.3. The molecule has 0 aliphatic carbocycles. The van der Waals surface area contributed by atoms with Crippen LogP contribution >= 0.6 is 0 Å². The summed E-state index contributed by atoms with van der Waals surface area (Å²) in [6.07, 6.45) is 1.18. The van der Waals surface area contributed by atoms with Gasteiger partial charge in [0.25, 0.3) is 11.8 Å². The van der Waals surface area contributed by atoms with Crippen molar-refractivity contribution in [1.29, 1.82) is 0 Å². The fourth-order valence-electron chi connectivity index (χ4n) is 3.89. The van der Waals surface area contributed by atoms with Crippen molar-refractivity contribution in [3.05, 3.63) is 90.1 Å². The number of benzene rings is 3. The van der Waals surface area contributed by atoms with Crippen molar-refractivity contribution in [2.45, 2.75) is 19.6 Å². The van der Waals surface area contributed by atoms with E-state index in [1.54, 1.807) is 43.1 Å². The summed E-state index contributed by atoms with van der Waals surface area (Å²) in [5.74, 6) is 0.734. The number of ether oxygens (including phenoxy) is 2. The third-order valence-electron chi connectivity index (χ3n) is 5.73. The second-order valence-electron chi connectivity index (χ2n) is 8.22. The maximum Gasteiger partial charge on any atom is 0.265 e. The molecule has 2 amide bonds. The average molecular weight is 469 g/mol. The van der Waals surface area contributed by atoms with Gasteiger partial charge in [0.15, 0.2) is 6.10 Å². The largest absolute Gasteiger partial charge is 0.497 e. The number of anilines is 2. The summed E-state index contributed by atoms with van der Waals surface area (Å²) in [5, 5.41) is 10.4. The predicted octanol–water partition coefficient (Wildman–Crippen LogP) is 4.58. The zero-order valence-electron chi connectivity index (χ0n) is 19.3. The molecule has 0 unspecified atom stereocenters. The van der Waals surface area contributed by atoms with Gasteiger partial charge in [0.05, 0.1) is 24.9 Å². The Balaban J connectivity index is 1.45. The first-order valence-electron chi connectivity index (χ1n) is 11.2. The summed E-state index contributed by atoms with van der Waals surface area (Å²) < 4.78 is 12.6. The van der Waals surface area contributed by atoms with Gasteiger partial charge in [-0.05, 0) is 55.0 Å². The SMILES string of the molecule is COc1ccc(-c2nn(Cc3ccccc3)cc2C(=O)Nc2ccc3c(c2)NC(=O)[C@H](C)O3)cc1. The van der Waals surface area contributed by atoms with E-state index in [1.807, 2.05) is 54.6 Å². The van der Waals surface area contributed by atoms with E-state index >= 15 is 0 Å². The van der Waals surface area contributed by atoms with Crippen LogP contribution in [0.2, 0.25) is 0 Å². The molecular weight excluding hydrogens is 444 g/mol. The number of carbonyl (C=O) groups is 2. The van der Waals surface area contributed by atoms with E-state index in [0.29, 0.717) is 34.9 Å². The number of hydrogen-bond donors (Lipinski definition) is 2. The Hall–Kier alpha value is -4.59. The minimum Gasteiger partial charge on any atom is -0.497 e. The highest BCUT2D eigenvalue weighted by Crippen LogP contribution is 2.33. The Morgan fingerprint density at radius 2 is 1.89 bits per heavy atom. The zero-order chi connectivity index (χ0) is 24.4. The second kappa shape index (κ2) is 9.34. The van der Waals surface area contributed by atoms with Crippen LogP contribution in [0.25, 0.3) is 11.3 Å². The molecular formula is C27H24N4O4. The standard InChI is InChI=1S/C27H24N4O4/c1-17-26(32)29-23-14-20(10-13-24(23)35-17)28-27(33)22-16-31(15-18-6-4-3-5-7-18)30-25(22)19-8-11-21(34-2)12-9-19/h3-14,16-17H,15H2,1-2H3,(H,28,33)(H,29,32)/t17-/m0/s1. The Kier molecular flexibility index (Phi) is 5.93. The molecule has 0 spiro atoms. The van der Waals surface area contributed by atoms with E-state index in [-0.39, 0.29) is 11.8 Å². The fraction of sp³-hybridized carbons (Fsp3) is 0.148. The number of carbonyl (C=O) groups excluding carboxylic acids is 2. The first-order valence-corrected chi connectivity index (χ1v) is 11.2. The molecule has 1 atom stereocenters. The Labute approximate surface area is 202 Å². The molecule has 35 heavy (non-hydrogen) atoms. The lowest BCUT2D eigenvalue weighted by Gasteiger charge is -2.23. The highest BCUT2D eigenvalue weighted by molar-refractivity contribution is 6.08. The molecule has 0 bridgehead atoms. The van der Waals surface area contributed by atoms with Gasteiger partial charge >= 0.3 is 0 Å². The molecule has 176 valence electrons. The molecule has 0 saturated carbocycles. The lowest BCUT2D eigenvalue weighted by molar-refractivity contribution is -0.122. The maximum absolute atomic E-state index is 13.4. The van der Waals surface area contributed by atoms with Gasteiger partial charge in [0, 0.05) is 17.4 Å². The monoisotopic (exact) mass is 468 g/mol. The maximum atomic E-state index is 13.4. The molecule has 0 fully saturated rings. The van der Waals surface area contributed by atoms with Gasteiger partial charge in [-0.25, -0.2) is 0 Å². The molecule has 0 saturated heterocycles. The van der Waals surface area contributed by atoms with Crippen molar-refractivity contribution in [3.8, 4) is 22.8 Å². The van der Waals surface area contributed by atoms with Crippen LogP contribution in [-0.2, 0) is 11.3 Å². The molecule has 1 aliphatic heterocycles. The number of amides is 2. The summed E-state index contributed by atoms with van der Waals surface area (Å²) in [6.45, 7) is 2.21. The minimum absolute atomic E-state index is 0.232. The van der Waals surface area contributed by atoms with Crippen LogP contribution in [0.5, 0.6) is 11.5 Å². The summed E-state index contributed by atoms with van der Waals surface area (Å²) in [6, 6.07) is 22.5. The van der Waals surface area contributed by atoms with Crippen LogP contribution in [0, 0.1) is 0 Å². The van der Waals surface area contributed by atoms with Gasteiger partial charge in [0.2, 0.25) is 0 Å². The molecule has 1 aromatic heterocycles. The van der Waals surface area contributed by atoms with Crippen molar-refractivity contribution < 1.29 is 19.1 Å². The molecule has 4 aromatic rings. The predicted molar refractivity (Wildman–Crippen MR) is 133 cm³/mol. The van der Waals surface area contributed by atoms with Crippen molar-refractivity contribution in [2.24, 2.45) is 0 Å². The third kappa shape index (κ3) is 4.72. The highest BCUT2D eigenvalue weighted by Gasteiger charge is 2.24. The van der Waals surface area contributed by atoms with Crippen LogP contribution in [0.15, 0.2) is 79.0 Å². The van der Waals surface area contributed by atoms with Gasteiger partial charge in [-0.3, -0.25) is 14.3 Å². The van der Waals surface area contributed by atoms with Gasteiger partial charge in [0.1, 0.15) is 17.2 Å². The number of methoxy groups -OCH3 is 1. The first kappa shape index (κ1) is 22.2. The van der Waals surface area contributed by atoms with E-state index in [2.05, 4.69) is 10.6 Å². The van der Waals surface area contributed by atoms with Crippen LogP contribution in [0.4, 0.5) is 11.4 Å². The fourth-order valence-corrected chi connectivity index (χ4v) is 3.89. The Morgan fingerprint density at radius 3 is 2.63 bits per heavy atom. The molecule has 2 N–H and O–H groups in total. The molecule has 2 heterocycles.